The van der Waals surface area contributed by atoms with E-state index in [4.69, 9.17) is 9.84 Å². The molecule has 0 saturated heterocycles. The van der Waals surface area contributed by atoms with Crippen molar-refractivity contribution in [1.82, 2.24) is 5.32 Å². The summed E-state index contributed by atoms with van der Waals surface area (Å²) in [6, 6.07) is 0. The van der Waals surface area contributed by atoms with Crippen LogP contribution in [0.2, 0.25) is 0 Å². The third-order valence-corrected chi connectivity index (χ3v) is 11.1. The second-order valence-corrected chi connectivity index (χ2v) is 13.6. The van der Waals surface area contributed by atoms with E-state index >= 15 is 0 Å². The second kappa shape index (κ2) is 11.2. The minimum atomic E-state index is -0.325. The molecule has 4 nitrogen and oxygen atoms in total. The van der Waals surface area contributed by atoms with Gasteiger partial charge in [-0.3, -0.25) is 0 Å². The van der Waals surface area contributed by atoms with E-state index < -0.39 is 0 Å². The summed E-state index contributed by atoms with van der Waals surface area (Å²) < 4.78 is 5.77. The summed E-state index contributed by atoms with van der Waals surface area (Å²) in [7, 11) is 0. The van der Waals surface area contributed by atoms with Gasteiger partial charge in [0.1, 0.15) is 6.10 Å². The summed E-state index contributed by atoms with van der Waals surface area (Å²) in [4.78, 5) is 12.2. The van der Waals surface area contributed by atoms with Crippen molar-refractivity contribution >= 4 is 6.09 Å². The summed E-state index contributed by atoms with van der Waals surface area (Å²) in [5.74, 6) is 5.13. The quantitative estimate of drug-likeness (QED) is 0.261. The number of rotatable bonds is 9. The van der Waals surface area contributed by atoms with Crippen LogP contribution in [0.4, 0.5) is 4.79 Å². The first kappa shape index (κ1) is 27.0. The van der Waals surface area contributed by atoms with E-state index in [0.29, 0.717) is 23.8 Å². The maximum Gasteiger partial charge on any atom is 0.407 e. The Hall–Kier alpha value is -1.03. The Morgan fingerprint density at radius 1 is 1.09 bits per heavy atom. The molecule has 0 aliphatic heterocycles. The van der Waals surface area contributed by atoms with Crippen molar-refractivity contribution in [3.63, 3.8) is 0 Å². The molecule has 0 heterocycles. The Balaban J connectivity index is 1.39. The summed E-state index contributed by atoms with van der Waals surface area (Å²) in [5.41, 5.74) is 2.39. The highest BCUT2D eigenvalue weighted by Crippen LogP contribution is 2.67. The highest BCUT2D eigenvalue weighted by Gasteiger charge is 2.59. The average Bonchev–Trinajstić information content (AvgIpc) is 3.16. The molecule has 0 spiro atoms. The molecular formula is C31H53NO3. The number of hydrogen-bond acceptors (Lipinski definition) is 3. The van der Waals surface area contributed by atoms with Crippen molar-refractivity contribution in [3.05, 3.63) is 11.6 Å². The van der Waals surface area contributed by atoms with E-state index in [0.717, 1.165) is 54.8 Å². The Kier molecular flexibility index (Phi) is 8.61. The third kappa shape index (κ3) is 5.48. The van der Waals surface area contributed by atoms with Gasteiger partial charge in [0, 0.05) is 19.6 Å². The van der Waals surface area contributed by atoms with Crippen LogP contribution in [-0.4, -0.2) is 30.5 Å². The first-order valence-electron chi connectivity index (χ1n) is 14.9. The zero-order valence-corrected chi connectivity index (χ0v) is 23.3. The van der Waals surface area contributed by atoms with Crippen molar-refractivity contribution < 1.29 is 14.6 Å². The van der Waals surface area contributed by atoms with Crippen molar-refractivity contribution in [2.75, 3.05) is 13.2 Å². The lowest BCUT2D eigenvalue weighted by atomic mass is 9.47. The van der Waals surface area contributed by atoms with Crippen molar-refractivity contribution in [3.8, 4) is 0 Å². The number of aliphatic hydroxyl groups is 1. The molecule has 4 aliphatic rings. The van der Waals surface area contributed by atoms with Crippen LogP contribution < -0.4 is 5.32 Å². The van der Waals surface area contributed by atoms with Gasteiger partial charge in [0.15, 0.2) is 0 Å². The molecule has 0 bridgehead atoms. The molecule has 3 saturated carbocycles. The normalized spacial score (nSPS) is 39.3. The Bertz CT molecular complexity index is 762. The van der Waals surface area contributed by atoms with Gasteiger partial charge in [0.05, 0.1) is 0 Å². The minimum Gasteiger partial charge on any atom is -0.446 e. The summed E-state index contributed by atoms with van der Waals surface area (Å²) in [6.07, 6.45) is 17.0. The highest BCUT2D eigenvalue weighted by molar-refractivity contribution is 5.67. The Morgan fingerprint density at radius 3 is 2.63 bits per heavy atom. The fourth-order valence-electron chi connectivity index (χ4n) is 9.22. The largest absolute Gasteiger partial charge is 0.446 e. The number of aliphatic hydroxyl groups excluding tert-OH is 1. The van der Waals surface area contributed by atoms with Gasteiger partial charge in [-0.2, -0.15) is 0 Å². The van der Waals surface area contributed by atoms with E-state index in [1.54, 1.807) is 5.57 Å². The lowest BCUT2D eigenvalue weighted by Gasteiger charge is -2.58. The topological polar surface area (TPSA) is 58.6 Å². The fraction of sp³-hybridized carbons (Fsp3) is 0.903. The van der Waals surface area contributed by atoms with Crippen LogP contribution in [0.25, 0.3) is 0 Å². The molecule has 2 N–H and O–H groups in total. The van der Waals surface area contributed by atoms with E-state index in [1.807, 2.05) is 0 Å². The SMILES string of the molecule is CC(C)CCCC(C)C1CCC2C3CC=C4CC(OC(=O)NCCCO)CC[C@]4(C)C3CC[C@]12C. The van der Waals surface area contributed by atoms with Gasteiger partial charge >= 0.3 is 6.09 Å². The number of hydrogen-bond donors (Lipinski definition) is 2. The molecule has 3 fully saturated rings. The van der Waals surface area contributed by atoms with Crippen LogP contribution in [-0.2, 0) is 4.74 Å². The molecule has 0 aromatic carbocycles. The van der Waals surface area contributed by atoms with Crippen LogP contribution in [0.5, 0.6) is 0 Å². The summed E-state index contributed by atoms with van der Waals surface area (Å²) in [6.45, 7) is 13.1. The molecule has 35 heavy (non-hydrogen) atoms. The average molecular weight is 488 g/mol. The molecule has 4 rings (SSSR count). The standard InChI is InChI=1S/C31H53NO3/c1-21(2)8-6-9-22(3)26-12-13-27-25-11-10-23-20-24(35-29(34)32-18-7-19-33)14-16-30(23,4)28(25)15-17-31(26,27)5/h10,21-22,24-28,33H,6-9,11-20H2,1-5H3,(H,32,34)/t22?,24?,25?,26?,27?,28?,30-,31+/m0/s1. The van der Waals surface area contributed by atoms with E-state index in [9.17, 15) is 4.79 Å². The van der Waals surface area contributed by atoms with Crippen LogP contribution in [0.1, 0.15) is 112 Å². The molecule has 0 aromatic rings. The predicted octanol–water partition coefficient (Wildman–Crippen LogP) is 7.51. The molecule has 200 valence electrons. The number of carbonyl (C=O) groups is 1. The number of carbonyl (C=O) groups excluding carboxylic acids is 1. The number of alkyl carbamates (subject to hydrolysis) is 1. The Morgan fingerprint density at radius 2 is 1.89 bits per heavy atom. The maximum atomic E-state index is 12.2. The number of nitrogens with one attached hydrogen (secondary N) is 1. The van der Waals surface area contributed by atoms with Crippen LogP contribution in [0.15, 0.2) is 11.6 Å². The number of fused-ring (bicyclic) bond motifs is 5. The summed E-state index contributed by atoms with van der Waals surface area (Å²) in [5, 5.41) is 11.7. The van der Waals surface area contributed by atoms with Gasteiger partial charge < -0.3 is 15.2 Å². The zero-order chi connectivity index (χ0) is 25.2. The van der Waals surface area contributed by atoms with Crippen molar-refractivity contribution in [2.45, 2.75) is 118 Å². The van der Waals surface area contributed by atoms with Gasteiger partial charge in [-0.25, -0.2) is 4.79 Å². The fourth-order valence-corrected chi connectivity index (χ4v) is 9.22. The molecule has 6 unspecified atom stereocenters. The number of amides is 1. The van der Waals surface area contributed by atoms with Crippen molar-refractivity contribution in [2.24, 2.45) is 46.3 Å². The second-order valence-electron chi connectivity index (χ2n) is 13.6. The zero-order valence-electron chi connectivity index (χ0n) is 23.3. The van der Waals surface area contributed by atoms with Crippen LogP contribution in [0, 0.1) is 46.3 Å². The molecule has 0 radical (unpaired) electrons. The van der Waals surface area contributed by atoms with E-state index in [-0.39, 0.29) is 18.8 Å². The van der Waals surface area contributed by atoms with E-state index in [1.165, 1.54) is 51.4 Å². The lowest BCUT2D eigenvalue weighted by molar-refractivity contribution is -0.0581. The third-order valence-electron chi connectivity index (χ3n) is 11.1. The van der Waals surface area contributed by atoms with Crippen LogP contribution >= 0.6 is 0 Å². The number of allylic oxidation sites excluding steroid dienone is 1. The van der Waals surface area contributed by atoms with Gasteiger partial charge in [0.25, 0.3) is 0 Å². The monoisotopic (exact) mass is 487 g/mol. The van der Waals surface area contributed by atoms with Gasteiger partial charge in [-0.05, 0) is 97.7 Å². The smallest absolute Gasteiger partial charge is 0.407 e. The minimum absolute atomic E-state index is 0.00333. The van der Waals surface area contributed by atoms with Crippen LogP contribution in [0.3, 0.4) is 0 Å². The van der Waals surface area contributed by atoms with E-state index in [2.05, 4.69) is 46.0 Å². The maximum absolute atomic E-state index is 12.2. The molecule has 4 aliphatic carbocycles. The first-order valence-corrected chi connectivity index (χ1v) is 14.9. The predicted molar refractivity (Wildman–Crippen MR) is 143 cm³/mol. The summed E-state index contributed by atoms with van der Waals surface area (Å²) >= 11 is 0. The molecule has 0 aromatic heterocycles. The first-order chi connectivity index (χ1) is 16.7. The van der Waals surface area contributed by atoms with Gasteiger partial charge in [0.2, 0.25) is 0 Å². The lowest BCUT2D eigenvalue weighted by Crippen LogP contribution is -2.51. The van der Waals surface area contributed by atoms with Gasteiger partial charge in [-0.1, -0.05) is 65.5 Å². The molecule has 4 heteroatoms. The van der Waals surface area contributed by atoms with Crippen molar-refractivity contribution in [1.29, 1.82) is 0 Å². The molecule has 1 amide bonds. The molecule has 8 atom stereocenters. The Labute approximate surface area is 215 Å². The number of ether oxygens (including phenoxy) is 1. The van der Waals surface area contributed by atoms with Gasteiger partial charge in [-0.15, -0.1) is 0 Å². The highest BCUT2D eigenvalue weighted by atomic mass is 16.6. The molecular weight excluding hydrogens is 434 g/mol.